The molecule has 0 aliphatic rings. The Hall–Kier alpha value is -2.46. The van der Waals surface area contributed by atoms with Crippen LogP contribution in [0.2, 0.25) is 0 Å². The van der Waals surface area contributed by atoms with Gasteiger partial charge in [-0.15, -0.1) is 20.4 Å². The zero-order valence-electron chi connectivity index (χ0n) is 9.16. The Morgan fingerprint density at radius 2 is 1.76 bits per heavy atom. The largest absolute Gasteiger partial charge is 0.235 e. The third-order valence-electron chi connectivity index (χ3n) is 2.12. The van der Waals surface area contributed by atoms with Crippen LogP contribution in [-0.2, 0) is 11.3 Å². The van der Waals surface area contributed by atoms with E-state index in [4.69, 9.17) is 0 Å². The second kappa shape index (κ2) is 5.05. The quantitative estimate of drug-likeness (QED) is 0.578. The van der Waals surface area contributed by atoms with Crippen LogP contribution >= 0.6 is 0 Å². The fourth-order valence-electron chi connectivity index (χ4n) is 1.28. The Morgan fingerprint density at radius 3 is 2.35 bits per heavy atom. The predicted octanol–water partition coefficient (Wildman–Crippen LogP) is 1.08. The second-order valence-corrected chi connectivity index (χ2v) is 3.38. The van der Waals surface area contributed by atoms with Crippen LogP contribution in [0.5, 0.6) is 0 Å². The summed E-state index contributed by atoms with van der Waals surface area (Å²) < 4.78 is 0. The summed E-state index contributed by atoms with van der Waals surface area (Å²) >= 11 is 0. The van der Waals surface area contributed by atoms with E-state index in [-0.39, 0.29) is 0 Å². The maximum atomic E-state index is 9.97. The first-order valence-electron chi connectivity index (χ1n) is 4.96. The molecule has 0 unspecified atom stereocenters. The molecule has 0 bridgehead atoms. The Labute approximate surface area is 97.5 Å². The number of hydrogen-bond acceptors (Lipinski definition) is 6. The van der Waals surface area contributed by atoms with Crippen LogP contribution in [0.1, 0.15) is 11.4 Å². The van der Waals surface area contributed by atoms with Gasteiger partial charge in [-0.05, 0) is 12.5 Å². The van der Waals surface area contributed by atoms with Crippen LogP contribution in [0, 0.1) is 6.92 Å². The first kappa shape index (κ1) is 11.0. The zero-order valence-corrected chi connectivity index (χ0v) is 9.16. The van der Waals surface area contributed by atoms with Gasteiger partial charge in [0.25, 0.3) is 0 Å². The molecule has 0 aliphatic heterocycles. The summed E-state index contributed by atoms with van der Waals surface area (Å²) in [6.07, 6.45) is 1.50. The maximum Gasteiger partial charge on any atom is 0.235 e. The lowest BCUT2D eigenvalue weighted by Gasteiger charge is -1.99. The Bertz CT molecular complexity index is 543. The van der Waals surface area contributed by atoms with Crippen LogP contribution in [-0.4, -0.2) is 26.5 Å². The number of aliphatic imine (C=N–C) groups is 1. The highest BCUT2D eigenvalue weighted by Crippen LogP contribution is 2.14. The van der Waals surface area contributed by atoms with Gasteiger partial charge in [-0.2, -0.15) is 0 Å². The van der Waals surface area contributed by atoms with E-state index < -0.39 is 0 Å². The first-order valence-corrected chi connectivity index (χ1v) is 4.96. The summed E-state index contributed by atoms with van der Waals surface area (Å²) in [7, 11) is 0. The number of benzene rings is 1. The fourth-order valence-corrected chi connectivity index (χ4v) is 1.28. The minimum Gasteiger partial charge on any atom is -0.211 e. The van der Waals surface area contributed by atoms with Crippen LogP contribution in [0.3, 0.4) is 0 Å². The smallest absolute Gasteiger partial charge is 0.211 e. The van der Waals surface area contributed by atoms with Crippen molar-refractivity contribution in [3.63, 3.8) is 0 Å². The molecule has 0 N–H and O–H groups in total. The molecular formula is C11H9N5O. The second-order valence-electron chi connectivity index (χ2n) is 3.38. The third-order valence-corrected chi connectivity index (χ3v) is 2.12. The number of hydrogen-bond donors (Lipinski definition) is 0. The van der Waals surface area contributed by atoms with Gasteiger partial charge in [-0.3, -0.25) is 0 Å². The average Bonchev–Trinajstić information content (AvgIpc) is 2.38. The van der Waals surface area contributed by atoms with E-state index in [1.807, 2.05) is 24.3 Å². The lowest BCUT2D eigenvalue weighted by atomic mass is 10.1. The number of aryl methyl sites for hydroxylation is 1. The molecule has 0 amide bonds. The summed E-state index contributed by atoms with van der Waals surface area (Å²) in [5.74, 6) is 1.01. The standard InChI is InChI=1S/C11H9N5O/c1-8-13-15-11(16-14-8)10-4-2-9(3-5-10)6-12-7-17/h2-5H,6H2,1H3. The summed E-state index contributed by atoms with van der Waals surface area (Å²) in [4.78, 5) is 13.5. The first-order chi connectivity index (χ1) is 8.29. The third kappa shape index (κ3) is 2.76. The molecule has 0 aliphatic carbocycles. The lowest BCUT2D eigenvalue weighted by Crippen LogP contribution is -1.98. The lowest BCUT2D eigenvalue weighted by molar-refractivity contribution is 0.563. The van der Waals surface area contributed by atoms with E-state index in [1.165, 1.54) is 6.08 Å². The SMILES string of the molecule is Cc1nnc(-c2ccc(CN=C=O)cc2)nn1. The van der Waals surface area contributed by atoms with Crippen molar-refractivity contribution >= 4 is 6.08 Å². The molecule has 0 saturated heterocycles. The molecule has 2 aromatic rings. The Balaban J connectivity index is 2.22. The monoisotopic (exact) mass is 227 g/mol. The number of carbonyl (C=O) groups excluding carboxylic acids is 1. The van der Waals surface area contributed by atoms with E-state index >= 15 is 0 Å². The molecule has 0 saturated carbocycles. The minimum atomic E-state index is 0.328. The average molecular weight is 227 g/mol. The number of aromatic nitrogens is 4. The van der Waals surface area contributed by atoms with Gasteiger partial charge in [-0.1, -0.05) is 24.3 Å². The molecule has 6 nitrogen and oxygen atoms in total. The van der Waals surface area contributed by atoms with Gasteiger partial charge < -0.3 is 0 Å². The van der Waals surface area contributed by atoms with Crippen molar-refractivity contribution in [2.24, 2.45) is 4.99 Å². The summed E-state index contributed by atoms with van der Waals surface area (Å²) in [5, 5.41) is 15.5. The molecule has 0 fully saturated rings. The van der Waals surface area contributed by atoms with Gasteiger partial charge in [-0.25, -0.2) is 9.79 Å². The van der Waals surface area contributed by atoms with E-state index in [0.29, 0.717) is 18.2 Å². The van der Waals surface area contributed by atoms with E-state index in [1.54, 1.807) is 6.92 Å². The van der Waals surface area contributed by atoms with Crippen molar-refractivity contribution in [1.82, 2.24) is 20.4 Å². The Morgan fingerprint density at radius 1 is 1.12 bits per heavy atom. The molecule has 0 radical (unpaired) electrons. The molecule has 0 atom stereocenters. The summed E-state index contributed by atoms with van der Waals surface area (Å²) in [5.41, 5.74) is 1.74. The Kier molecular flexibility index (Phi) is 3.28. The van der Waals surface area contributed by atoms with Crippen molar-refractivity contribution in [3.8, 4) is 11.4 Å². The van der Waals surface area contributed by atoms with Crippen molar-refractivity contribution in [3.05, 3.63) is 35.7 Å². The van der Waals surface area contributed by atoms with Crippen molar-refractivity contribution in [2.45, 2.75) is 13.5 Å². The minimum absolute atomic E-state index is 0.328. The van der Waals surface area contributed by atoms with E-state index in [2.05, 4.69) is 25.4 Å². The number of nitrogens with zero attached hydrogens (tertiary/aromatic N) is 5. The molecule has 2 rings (SSSR count). The normalized spacial score (nSPS) is 9.71. The van der Waals surface area contributed by atoms with Gasteiger partial charge in [0, 0.05) is 5.56 Å². The van der Waals surface area contributed by atoms with Crippen molar-refractivity contribution in [2.75, 3.05) is 0 Å². The van der Waals surface area contributed by atoms with Crippen LogP contribution < -0.4 is 0 Å². The van der Waals surface area contributed by atoms with Gasteiger partial charge in [0.2, 0.25) is 11.9 Å². The molecule has 6 heteroatoms. The van der Waals surface area contributed by atoms with Crippen LogP contribution in [0.25, 0.3) is 11.4 Å². The molecule has 1 heterocycles. The van der Waals surface area contributed by atoms with E-state index in [9.17, 15) is 4.79 Å². The summed E-state index contributed by atoms with van der Waals surface area (Å²) in [6.45, 7) is 2.05. The van der Waals surface area contributed by atoms with Crippen LogP contribution in [0.4, 0.5) is 0 Å². The van der Waals surface area contributed by atoms with Gasteiger partial charge in [0.15, 0.2) is 5.82 Å². The van der Waals surface area contributed by atoms with Crippen LogP contribution in [0.15, 0.2) is 29.3 Å². The topological polar surface area (TPSA) is 81.0 Å². The van der Waals surface area contributed by atoms with E-state index in [0.717, 1.165) is 11.1 Å². The molecular weight excluding hydrogens is 218 g/mol. The fraction of sp³-hybridized carbons (Fsp3) is 0.182. The molecule has 84 valence electrons. The maximum absolute atomic E-state index is 9.97. The van der Waals surface area contributed by atoms with Gasteiger partial charge in [0.05, 0.1) is 6.54 Å². The molecule has 1 aromatic carbocycles. The highest BCUT2D eigenvalue weighted by Gasteiger charge is 2.02. The highest BCUT2D eigenvalue weighted by molar-refractivity contribution is 5.54. The molecule has 17 heavy (non-hydrogen) atoms. The van der Waals surface area contributed by atoms with Gasteiger partial charge in [0.1, 0.15) is 0 Å². The number of isocyanates is 1. The van der Waals surface area contributed by atoms with Crippen molar-refractivity contribution < 1.29 is 4.79 Å². The summed E-state index contributed by atoms with van der Waals surface area (Å²) in [6, 6.07) is 7.37. The molecule has 0 spiro atoms. The predicted molar refractivity (Wildman–Crippen MR) is 59.6 cm³/mol. The zero-order chi connectivity index (χ0) is 12.1. The number of rotatable bonds is 3. The highest BCUT2D eigenvalue weighted by atomic mass is 16.1. The molecule has 1 aromatic heterocycles. The van der Waals surface area contributed by atoms with Crippen molar-refractivity contribution in [1.29, 1.82) is 0 Å². The van der Waals surface area contributed by atoms with Gasteiger partial charge >= 0.3 is 0 Å².